The maximum Gasteiger partial charge on any atom is 0.263 e. The fraction of sp³-hybridized carbons (Fsp3) is 0.0625. The summed E-state index contributed by atoms with van der Waals surface area (Å²) >= 11 is 2.21. The Labute approximate surface area is 125 Å². The van der Waals surface area contributed by atoms with Gasteiger partial charge < -0.3 is 0 Å². The van der Waals surface area contributed by atoms with E-state index >= 15 is 0 Å². The Morgan fingerprint density at radius 2 is 1.89 bits per heavy atom. The van der Waals surface area contributed by atoms with Crippen LogP contribution in [-0.2, 0) is 0 Å². The Morgan fingerprint density at radius 1 is 1.11 bits per heavy atom. The lowest BCUT2D eigenvalue weighted by Gasteiger charge is -2.07. The van der Waals surface area contributed by atoms with Gasteiger partial charge in [-0.2, -0.15) is 0 Å². The van der Waals surface area contributed by atoms with Crippen LogP contribution in [0.4, 0.5) is 0 Å². The second-order valence-corrected chi connectivity index (χ2v) is 5.70. The van der Waals surface area contributed by atoms with Crippen molar-refractivity contribution in [3.05, 3.63) is 69.4 Å². The summed E-state index contributed by atoms with van der Waals surface area (Å²) in [6.07, 6.45) is 1.84. The number of para-hydroxylation sites is 1. The normalized spacial score (nSPS) is 10.8. The molecule has 0 bridgehead atoms. The van der Waals surface area contributed by atoms with Gasteiger partial charge in [-0.15, -0.1) is 0 Å². The molecule has 1 heterocycles. The number of carbonyl (C=O) groups excluding carboxylic acids is 1. The van der Waals surface area contributed by atoms with Crippen LogP contribution in [0.5, 0.6) is 0 Å². The number of benzene rings is 2. The molecular weight excluding hydrogens is 349 g/mol. The van der Waals surface area contributed by atoms with Crippen molar-refractivity contribution in [1.82, 2.24) is 4.57 Å². The lowest BCUT2D eigenvalue weighted by atomic mass is 10.1. The van der Waals surface area contributed by atoms with Gasteiger partial charge in [-0.1, -0.05) is 29.8 Å². The molecule has 0 aliphatic carbocycles. The average Bonchev–Trinajstić information content (AvgIpc) is 2.84. The number of hydrogen-bond donors (Lipinski definition) is 0. The average molecular weight is 361 g/mol. The van der Waals surface area contributed by atoms with Gasteiger partial charge in [0.2, 0.25) is 0 Å². The molecule has 3 heteroatoms. The Balaban J connectivity index is 2.16. The molecule has 1 aromatic heterocycles. The van der Waals surface area contributed by atoms with Crippen molar-refractivity contribution in [3.63, 3.8) is 0 Å². The summed E-state index contributed by atoms with van der Waals surface area (Å²) in [5, 5.41) is 1.08. The highest BCUT2D eigenvalue weighted by Gasteiger charge is 2.14. The predicted molar refractivity (Wildman–Crippen MR) is 85.6 cm³/mol. The molecule has 0 radical (unpaired) electrons. The molecule has 0 unspecified atom stereocenters. The van der Waals surface area contributed by atoms with Crippen molar-refractivity contribution in [2.45, 2.75) is 6.92 Å². The summed E-state index contributed by atoms with van der Waals surface area (Å²) in [5.41, 5.74) is 2.80. The van der Waals surface area contributed by atoms with E-state index < -0.39 is 0 Å². The molecule has 0 saturated carbocycles. The van der Waals surface area contributed by atoms with E-state index in [4.69, 9.17) is 0 Å². The van der Waals surface area contributed by atoms with E-state index in [1.54, 1.807) is 4.57 Å². The highest BCUT2D eigenvalue weighted by Crippen LogP contribution is 2.20. The van der Waals surface area contributed by atoms with Crippen LogP contribution in [0.1, 0.15) is 15.9 Å². The van der Waals surface area contributed by atoms with Crippen molar-refractivity contribution in [2.24, 2.45) is 0 Å². The van der Waals surface area contributed by atoms with Crippen LogP contribution < -0.4 is 0 Å². The zero-order valence-corrected chi connectivity index (χ0v) is 12.6. The summed E-state index contributed by atoms with van der Waals surface area (Å²) in [4.78, 5) is 12.7. The van der Waals surface area contributed by atoms with E-state index in [-0.39, 0.29) is 5.91 Å². The summed E-state index contributed by atoms with van der Waals surface area (Å²) in [7, 11) is 0. The Morgan fingerprint density at radius 3 is 2.74 bits per heavy atom. The number of fused-ring (bicyclic) bond motifs is 1. The van der Waals surface area contributed by atoms with Gasteiger partial charge in [-0.05, 0) is 53.8 Å². The highest BCUT2D eigenvalue weighted by molar-refractivity contribution is 14.1. The minimum Gasteiger partial charge on any atom is -0.283 e. The first-order valence-corrected chi connectivity index (χ1v) is 7.11. The third-order valence-corrected chi connectivity index (χ3v) is 4.11. The molecule has 2 aromatic carbocycles. The molecule has 0 atom stereocenters. The molecule has 0 spiro atoms. The molecule has 0 aliphatic rings. The van der Waals surface area contributed by atoms with E-state index in [0.717, 1.165) is 25.6 Å². The summed E-state index contributed by atoms with van der Waals surface area (Å²) in [6, 6.07) is 15.8. The number of aromatic nitrogens is 1. The molecule has 3 rings (SSSR count). The fourth-order valence-corrected chi connectivity index (χ4v) is 2.76. The van der Waals surface area contributed by atoms with Crippen molar-refractivity contribution in [2.75, 3.05) is 0 Å². The first-order valence-electron chi connectivity index (χ1n) is 6.04. The van der Waals surface area contributed by atoms with Crippen molar-refractivity contribution < 1.29 is 4.79 Å². The minimum atomic E-state index is 0.0225. The SMILES string of the molecule is Cc1ccc(I)c(C(=O)n2ccc3ccccc32)c1. The number of carbonyl (C=O) groups is 1. The zero-order chi connectivity index (χ0) is 13.4. The number of nitrogens with zero attached hydrogens (tertiary/aromatic N) is 1. The number of halogens is 1. The first kappa shape index (κ1) is 12.4. The van der Waals surface area contributed by atoms with Gasteiger partial charge in [0.1, 0.15) is 0 Å². The molecule has 0 fully saturated rings. The maximum atomic E-state index is 12.7. The second-order valence-electron chi connectivity index (χ2n) is 4.53. The van der Waals surface area contributed by atoms with Crippen LogP contribution >= 0.6 is 22.6 Å². The summed E-state index contributed by atoms with van der Waals surface area (Å²) in [5.74, 6) is 0.0225. The minimum absolute atomic E-state index is 0.0225. The largest absolute Gasteiger partial charge is 0.283 e. The molecule has 94 valence electrons. The molecular formula is C16H12INO. The third-order valence-electron chi connectivity index (χ3n) is 3.17. The van der Waals surface area contributed by atoms with Gasteiger partial charge in [-0.3, -0.25) is 9.36 Å². The van der Waals surface area contributed by atoms with Crippen LogP contribution in [-0.4, -0.2) is 10.5 Å². The van der Waals surface area contributed by atoms with Crippen molar-refractivity contribution in [1.29, 1.82) is 0 Å². The van der Waals surface area contributed by atoms with Crippen molar-refractivity contribution in [3.8, 4) is 0 Å². The number of rotatable bonds is 1. The van der Waals surface area contributed by atoms with Crippen LogP contribution in [0.25, 0.3) is 10.9 Å². The molecule has 0 amide bonds. The molecule has 19 heavy (non-hydrogen) atoms. The van der Waals surface area contributed by atoms with Gasteiger partial charge in [0.15, 0.2) is 0 Å². The molecule has 0 aliphatic heterocycles. The Bertz CT molecular complexity index is 773. The molecule has 2 nitrogen and oxygen atoms in total. The monoisotopic (exact) mass is 361 g/mol. The van der Waals surface area contributed by atoms with Gasteiger partial charge >= 0.3 is 0 Å². The van der Waals surface area contributed by atoms with E-state index in [1.807, 2.05) is 61.7 Å². The van der Waals surface area contributed by atoms with E-state index in [0.29, 0.717) is 0 Å². The summed E-state index contributed by atoms with van der Waals surface area (Å²) < 4.78 is 2.69. The summed E-state index contributed by atoms with van der Waals surface area (Å²) in [6.45, 7) is 2.00. The predicted octanol–water partition coefficient (Wildman–Crippen LogP) is 4.24. The maximum absolute atomic E-state index is 12.7. The molecule has 0 saturated heterocycles. The number of aryl methyl sites for hydroxylation is 1. The van der Waals surface area contributed by atoms with Gasteiger partial charge in [0.05, 0.1) is 11.1 Å². The number of hydrogen-bond acceptors (Lipinski definition) is 1. The Kier molecular flexibility index (Phi) is 3.14. The van der Waals surface area contributed by atoms with Gasteiger partial charge in [0, 0.05) is 15.2 Å². The molecule has 0 N–H and O–H groups in total. The molecule has 3 aromatic rings. The van der Waals surface area contributed by atoms with Crippen molar-refractivity contribution >= 4 is 39.4 Å². The zero-order valence-electron chi connectivity index (χ0n) is 10.4. The first-order chi connectivity index (χ1) is 9.16. The second kappa shape index (κ2) is 4.81. The van der Waals surface area contributed by atoms with Crippen LogP contribution in [0.2, 0.25) is 0 Å². The Hall–Kier alpha value is -1.62. The highest BCUT2D eigenvalue weighted by atomic mass is 127. The van der Waals surface area contributed by atoms with Gasteiger partial charge in [-0.25, -0.2) is 0 Å². The van der Waals surface area contributed by atoms with E-state index in [2.05, 4.69) is 22.6 Å². The third kappa shape index (κ3) is 2.18. The fourth-order valence-electron chi connectivity index (χ4n) is 2.19. The smallest absolute Gasteiger partial charge is 0.263 e. The van der Waals surface area contributed by atoms with Crippen LogP contribution in [0, 0.1) is 10.5 Å². The van der Waals surface area contributed by atoms with E-state index in [9.17, 15) is 4.79 Å². The quantitative estimate of drug-likeness (QED) is 0.595. The topological polar surface area (TPSA) is 22.0 Å². The van der Waals surface area contributed by atoms with Crippen LogP contribution in [0.15, 0.2) is 54.7 Å². The standard InChI is InChI=1S/C16H12INO/c1-11-6-7-14(17)13(10-11)16(19)18-9-8-12-4-2-3-5-15(12)18/h2-10H,1H3. The van der Waals surface area contributed by atoms with E-state index in [1.165, 1.54) is 0 Å². The lowest BCUT2D eigenvalue weighted by Crippen LogP contribution is -2.12. The lowest BCUT2D eigenvalue weighted by molar-refractivity contribution is 0.0964. The van der Waals surface area contributed by atoms with Crippen LogP contribution in [0.3, 0.4) is 0 Å². The van der Waals surface area contributed by atoms with Gasteiger partial charge in [0.25, 0.3) is 5.91 Å².